The van der Waals surface area contributed by atoms with E-state index in [9.17, 15) is 9.18 Å². The second kappa shape index (κ2) is 14.5. The standard InChI is InChI=1S/C30H44FN3O4/c1-23(2)22-38-28-11-7-24(8-12-28)20-32-29(36)34(21-25-5-9-26(31)10-6-25)27-13-14-33(30(3,4)19-27)15-17-37-18-16-35/h5-12,23,27,35H,13-22H2,1-4H3,(H,32,36). The van der Waals surface area contributed by atoms with Gasteiger partial charge in [0.1, 0.15) is 11.6 Å². The lowest BCUT2D eigenvalue weighted by Gasteiger charge is -2.48. The van der Waals surface area contributed by atoms with Gasteiger partial charge < -0.3 is 24.8 Å². The number of ether oxygens (including phenoxy) is 2. The van der Waals surface area contributed by atoms with Crippen molar-refractivity contribution in [2.75, 3.05) is 39.5 Å². The van der Waals surface area contributed by atoms with Crippen molar-refractivity contribution in [2.45, 2.75) is 65.2 Å². The summed E-state index contributed by atoms with van der Waals surface area (Å²) in [5, 5.41) is 12.0. The third-order valence-electron chi connectivity index (χ3n) is 6.98. The van der Waals surface area contributed by atoms with E-state index in [1.807, 2.05) is 29.2 Å². The zero-order chi connectivity index (χ0) is 27.5. The van der Waals surface area contributed by atoms with Crippen LogP contribution in [-0.2, 0) is 17.8 Å². The Balaban J connectivity index is 1.65. The first-order chi connectivity index (χ1) is 18.2. The molecule has 2 aromatic rings. The Morgan fingerprint density at radius 1 is 1.13 bits per heavy atom. The molecule has 2 aromatic carbocycles. The van der Waals surface area contributed by atoms with Crippen molar-refractivity contribution in [3.63, 3.8) is 0 Å². The van der Waals surface area contributed by atoms with Gasteiger partial charge in [0.05, 0.1) is 26.4 Å². The zero-order valence-corrected chi connectivity index (χ0v) is 23.3. The fraction of sp³-hybridized carbons (Fsp3) is 0.567. The van der Waals surface area contributed by atoms with Crippen molar-refractivity contribution in [3.05, 3.63) is 65.5 Å². The van der Waals surface area contributed by atoms with E-state index in [4.69, 9.17) is 14.6 Å². The Bertz CT molecular complexity index is 982. The number of rotatable bonds is 13. The fourth-order valence-corrected chi connectivity index (χ4v) is 4.84. The van der Waals surface area contributed by atoms with Gasteiger partial charge in [0.15, 0.2) is 0 Å². The quantitative estimate of drug-likeness (QED) is 0.364. The van der Waals surface area contributed by atoms with Crippen LogP contribution in [0.15, 0.2) is 48.5 Å². The minimum atomic E-state index is -0.288. The van der Waals surface area contributed by atoms with Gasteiger partial charge in [-0.1, -0.05) is 38.1 Å². The van der Waals surface area contributed by atoms with Crippen molar-refractivity contribution < 1.29 is 23.8 Å². The first kappa shape index (κ1) is 29.9. The van der Waals surface area contributed by atoms with Crippen molar-refractivity contribution in [2.24, 2.45) is 5.92 Å². The van der Waals surface area contributed by atoms with Gasteiger partial charge in [-0.05, 0) is 68.0 Å². The summed E-state index contributed by atoms with van der Waals surface area (Å²) in [6.07, 6.45) is 1.64. The summed E-state index contributed by atoms with van der Waals surface area (Å²) >= 11 is 0. The molecule has 1 unspecified atom stereocenters. The predicted molar refractivity (Wildman–Crippen MR) is 148 cm³/mol. The van der Waals surface area contributed by atoms with Gasteiger partial charge in [0.2, 0.25) is 0 Å². The van der Waals surface area contributed by atoms with Crippen LogP contribution < -0.4 is 10.1 Å². The molecule has 0 saturated carbocycles. The highest BCUT2D eigenvalue weighted by molar-refractivity contribution is 5.74. The number of benzene rings is 2. The Kier molecular flexibility index (Phi) is 11.4. The molecule has 3 rings (SSSR count). The number of nitrogens with zero attached hydrogens (tertiary/aromatic N) is 2. The number of urea groups is 1. The van der Waals surface area contributed by atoms with Crippen LogP contribution in [0.25, 0.3) is 0 Å². The minimum absolute atomic E-state index is 0.0228. The molecule has 1 fully saturated rings. The summed E-state index contributed by atoms with van der Waals surface area (Å²) in [5.41, 5.74) is 1.76. The van der Waals surface area contributed by atoms with Crippen LogP contribution in [0.2, 0.25) is 0 Å². The van der Waals surface area contributed by atoms with Crippen LogP contribution in [-0.4, -0.2) is 72.0 Å². The van der Waals surface area contributed by atoms with E-state index in [0.29, 0.717) is 38.8 Å². The third-order valence-corrected chi connectivity index (χ3v) is 6.98. The van der Waals surface area contributed by atoms with Gasteiger partial charge in [-0.2, -0.15) is 0 Å². The molecule has 210 valence electrons. The van der Waals surface area contributed by atoms with Crippen molar-refractivity contribution >= 4 is 6.03 Å². The van der Waals surface area contributed by atoms with Gasteiger partial charge in [-0.15, -0.1) is 0 Å². The van der Waals surface area contributed by atoms with Crippen molar-refractivity contribution in [1.82, 2.24) is 15.1 Å². The van der Waals surface area contributed by atoms with Crippen LogP contribution in [0.5, 0.6) is 5.75 Å². The van der Waals surface area contributed by atoms with Crippen LogP contribution in [0.1, 0.15) is 51.7 Å². The first-order valence-corrected chi connectivity index (χ1v) is 13.6. The molecule has 0 radical (unpaired) electrons. The molecule has 38 heavy (non-hydrogen) atoms. The SMILES string of the molecule is CC(C)COc1ccc(CNC(=O)N(Cc2ccc(F)cc2)C2CCN(CCOCCO)C(C)(C)C2)cc1. The lowest BCUT2D eigenvalue weighted by Crippen LogP contribution is -2.58. The highest BCUT2D eigenvalue weighted by Gasteiger charge is 2.38. The maximum absolute atomic E-state index is 13.5. The highest BCUT2D eigenvalue weighted by atomic mass is 19.1. The maximum atomic E-state index is 13.5. The summed E-state index contributed by atoms with van der Waals surface area (Å²) < 4.78 is 24.8. The second-order valence-corrected chi connectivity index (χ2v) is 11.0. The van der Waals surface area contributed by atoms with E-state index in [0.717, 1.165) is 42.8 Å². The van der Waals surface area contributed by atoms with E-state index in [1.54, 1.807) is 12.1 Å². The summed E-state index contributed by atoms with van der Waals surface area (Å²) in [4.78, 5) is 17.8. The van der Waals surface area contributed by atoms with E-state index in [2.05, 4.69) is 37.9 Å². The maximum Gasteiger partial charge on any atom is 0.318 e. The molecule has 0 bridgehead atoms. The molecule has 0 aliphatic carbocycles. The largest absolute Gasteiger partial charge is 0.493 e. The van der Waals surface area contributed by atoms with Crippen LogP contribution in [0, 0.1) is 11.7 Å². The van der Waals surface area contributed by atoms with E-state index in [1.165, 1.54) is 12.1 Å². The van der Waals surface area contributed by atoms with E-state index >= 15 is 0 Å². The van der Waals surface area contributed by atoms with Gasteiger partial charge in [0, 0.05) is 37.8 Å². The number of nitrogens with one attached hydrogen (secondary N) is 1. The fourth-order valence-electron chi connectivity index (χ4n) is 4.84. The van der Waals surface area contributed by atoms with Gasteiger partial charge in [0.25, 0.3) is 0 Å². The smallest absolute Gasteiger partial charge is 0.318 e. The van der Waals surface area contributed by atoms with Gasteiger partial charge in [-0.3, -0.25) is 4.90 Å². The molecule has 8 heteroatoms. The van der Waals surface area contributed by atoms with Crippen LogP contribution in [0.4, 0.5) is 9.18 Å². The highest BCUT2D eigenvalue weighted by Crippen LogP contribution is 2.31. The molecule has 2 N–H and O–H groups in total. The van der Waals surface area contributed by atoms with Crippen LogP contribution >= 0.6 is 0 Å². The monoisotopic (exact) mass is 529 g/mol. The number of halogens is 1. The third kappa shape index (κ3) is 9.26. The lowest BCUT2D eigenvalue weighted by molar-refractivity contribution is 0.000210. The topological polar surface area (TPSA) is 74.3 Å². The van der Waals surface area contributed by atoms with Crippen molar-refractivity contribution in [1.29, 1.82) is 0 Å². The van der Waals surface area contributed by atoms with E-state index in [-0.39, 0.29) is 30.0 Å². The summed E-state index contributed by atoms with van der Waals surface area (Å²) in [5.74, 6) is 0.989. The first-order valence-electron chi connectivity index (χ1n) is 13.6. The number of carbonyl (C=O) groups excluding carboxylic acids is 1. The molecular formula is C30H44FN3O4. The number of likely N-dealkylation sites (tertiary alicyclic amines) is 1. The molecule has 7 nitrogen and oxygen atoms in total. The minimum Gasteiger partial charge on any atom is -0.493 e. The average molecular weight is 530 g/mol. The molecular weight excluding hydrogens is 485 g/mol. The molecule has 1 atom stereocenters. The average Bonchev–Trinajstić information content (AvgIpc) is 2.89. The number of hydrogen-bond donors (Lipinski definition) is 2. The van der Waals surface area contributed by atoms with Gasteiger partial charge >= 0.3 is 6.03 Å². The van der Waals surface area contributed by atoms with Gasteiger partial charge in [-0.25, -0.2) is 9.18 Å². The Morgan fingerprint density at radius 2 is 1.82 bits per heavy atom. The lowest BCUT2D eigenvalue weighted by atomic mass is 9.86. The molecule has 1 saturated heterocycles. The zero-order valence-electron chi connectivity index (χ0n) is 23.3. The summed E-state index contributed by atoms with van der Waals surface area (Å²) in [7, 11) is 0. The number of amides is 2. The molecule has 0 aromatic heterocycles. The Hall–Kier alpha value is -2.68. The predicted octanol–water partition coefficient (Wildman–Crippen LogP) is 4.82. The summed E-state index contributed by atoms with van der Waals surface area (Å²) in [6.45, 7) is 12.7. The molecule has 2 amide bonds. The Labute approximate surface area is 226 Å². The molecule has 0 spiro atoms. The normalized spacial score (nSPS) is 17.4. The van der Waals surface area contributed by atoms with Crippen LogP contribution in [0.3, 0.4) is 0 Å². The molecule has 1 aliphatic rings. The molecule has 1 aliphatic heterocycles. The number of carbonyl (C=O) groups is 1. The number of hydrogen-bond acceptors (Lipinski definition) is 5. The number of piperidine rings is 1. The summed E-state index contributed by atoms with van der Waals surface area (Å²) in [6, 6.07) is 14.1. The molecule has 1 heterocycles. The Morgan fingerprint density at radius 3 is 2.45 bits per heavy atom. The number of aliphatic hydroxyl groups excluding tert-OH is 1. The van der Waals surface area contributed by atoms with E-state index < -0.39 is 0 Å². The second-order valence-electron chi connectivity index (χ2n) is 11.0. The van der Waals surface area contributed by atoms with Crippen molar-refractivity contribution in [3.8, 4) is 5.75 Å². The number of aliphatic hydroxyl groups is 1.